The van der Waals surface area contributed by atoms with Crippen molar-refractivity contribution >= 4 is 39.6 Å². The lowest BCUT2D eigenvalue weighted by molar-refractivity contribution is 1.73. The summed E-state index contributed by atoms with van der Waals surface area (Å²) in [5.74, 6) is 0. The van der Waals surface area contributed by atoms with Crippen LogP contribution in [0.25, 0.3) is 10.1 Å². The highest BCUT2D eigenvalue weighted by atomic mass is 32.2. The molecule has 1 aromatic carbocycles. The first-order valence-corrected chi connectivity index (χ1v) is 5.63. The molecular formula is C10H9NS2. The number of rotatable bonds is 2. The van der Waals surface area contributed by atoms with Gasteiger partial charge in [0.25, 0.3) is 0 Å². The van der Waals surface area contributed by atoms with Crippen molar-refractivity contribution in [3.05, 3.63) is 30.3 Å². The molecule has 0 spiro atoms. The second kappa shape index (κ2) is 3.94. The Balaban J connectivity index is 2.38. The topological polar surface area (TPSA) is 12.4 Å². The van der Waals surface area contributed by atoms with Gasteiger partial charge in [0.2, 0.25) is 0 Å². The van der Waals surface area contributed by atoms with Crippen LogP contribution in [0.5, 0.6) is 0 Å². The zero-order chi connectivity index (χ0) is 9.10. The molecule has 0 atom stereocenters. The van der Waals surface area contributed by atoms with Gasteiger partial charge in [-0.1, -0.05) is 18.2 Å². The van der Waals surface area contributed by atoms with Crippen molar-refractivity contribution in [1.29, 1.82) is 0 Å². The molecule has 66 valence electrons. The molecule has 1 nitrogen and oxygen atoms in total. The standard InChI is InChI=1S/C10H9NS2/c1-2-11-13-10-7-8-5-3-4-6-9(8)12-10/h2-7H,1H3. The van der Waals surface area contributed by atoms with Crippen molar-refractivity contribution < 1.29 is 0 Å². The fraction of sp³-hybridized carbons (Fsp3) is 0.100. The summed E-state index contributed by atoms with van der Waals surface area (Å²) in [6.07, 6.45) is 1.81. The van der Waals surface area contributed by atoms with Gasteiger partial charge in [-0.15, -0.1) is 11.3 Å². The van der Waals surface area contributed by atoms with E-state index in [9.17, 15) is 0 Å². The van der Waals surface area contributed by atoms with E-state index in [0.29, 0.717) is 0 Å². The Morgan fingerprint density at radius 2 is 2.23 bits per heavy atom. The number of nitrogens with zero attached hydrogens (tertiary/aromatic N) is 1. The molecule has 1 heterocycles. The van der Waals surface area contributed by atoms with Gasteiger partial charge in [-0.05, 0) is 24.4 Å². The molecule has 0 amide bonds. The van der Waals surface area contributed by atoms with Crippen LogP contribution in [0.3, 0.4) is 0 Å². The number of hydrogen-bond donors (Lipinski definition) is 0. The molecule has 3 heteroatoms. The van der Waals surface area contributed by atoms with E-state index in [2.05, 4.69) is 34.7 Å². The summed E-state index contributed by atoms with van der Waals surface area (Å²) in [6.45, 7) is 1.93. The number of hydrogen-bond acceptors (Lipinski definition) is 3. The third-order valence-electron chi connectivity index (χ3n) is 1.65. The van der Waals surface area contributed by atoms with Crippen molar-refractivity contribution in [2.45, 2.75) is 11.1 Å². The maximum atomic E-state index is 4.14. The molecule has 2 rings (SSSR count). The summed E-state index contributed by atoms with van der Waals surface area (Å²) in [5.41, 5.74) is 0. The van der Waals surface area contributed by atoms with Crippen LogP contribution in [-0.2, 0) is 0 Å². The molecule has 0 saturated heterocycles. The zero-order valence-corrected chi connectivity index (χ0v) is 8.86. The maximum Gasteiger partial charge on any atom is 0.0840 e. The molecule has 0 N–H and O–H groups in total. The predicted octanol–water partition coefficient (Wildman–Crippen LogP) is 4.00. The molecule has 13 heavy (non-hydrogen) atoms. The summed E-state index contributed by atoms with van der Waals surface area (Å²) in [5, 5.41) is 1.31. The average Bonchev–Trinajstić information content (AvgIpc) is 2.57. The van der Waals surface area contributed by atoms with E-state index in [1.165, 1.54) is 26.2 Å². The van der Waals surface area contributed by atoms with Crippen LogP contribution in [0.15, 0.2) is 38.9 Å². The Morgan fingerprint density at radius 1 is 1.38 bits per heavy atom. The molecule has 0 aliphatic carbocycles. The molecule has 0 aliphatic rings. The lowest BCUT2D eigenvalue weighted by Gasteiger charge is -1.82. The van der Waals surface area contributed by atoms with Crippen molar-refractivity contribution in [2.24, 2.45) is 4.40 Å². The Labute approximate surface area is 85.6 Å². The van der Waals surface area contributed by atoms with Crippen LogP contribution < -0.4 is 0 Å². The number of thiophene rings is 1. The van der Waals surface area contributed by atoms with Gasteiger partial charge in [0.05, 0.1) is 4.21 Å². The van der Waals surface area contributed by atoms with E-state index in [-0.39, 0.29) is 0 Å². The average molecular weight is 207 g/mol. The van der Waals surface area contributed by atoms with E-state index in [1.54, 1.807) is 11.3 Å². The van der Waals surface area contributed by atoms with Gasteiger partial charge in [0.15, 0.2) is 0 Å². The van der Waals surface area contributed by atoms with Gasteiger partial charge in [0.1, 0.15) is 0 Å². The molecule has 0 radical (unpaired) electrons. The minimum Gasteiger partial charge on any atom is -0.223 e. The van der Waals surface area contributed by atoms with Gasteiger partial charge >= 0.3 is 0 Å². The van der Waals surface area contributed by atoms with Crippen LogP contribution >= 0.6 is 23.3 Å². The molecule has 1 aromatic heterocycles. The van der Waals surface area contributed by atoms with Gasteiger partial charge in [0, 0.05) is 22.9 Å². The normalized spacial score (nSPS) is 11.5. The Hall–Kier alpha value is -0.800. The van der Waals surface area contributed by atoms with Crippen LogP contribution in [-0.4, -0.2) is 6.21 Å². The Bertz CT molecular complexity index is 398. The summed E-state index contributed by atoms with van der Waals surface area (Å²) < 4.78 is 6.72. The maximum absolute atomic E-state index is 4.14. The first kappa shape index (κ1) is 8.78. The third kappa shape index (κ3) is 1.92. The number of benzene rings is 1. The fourth-order valence-corrected chi connectivity index (χ4v) is 2.84. The van der Waals surface area contributed by atoms with E-state index in [4.69, 9.17) is 0 Å². The second-order valence-electron chi connectivity index (χ2n) is 2.56. The molecule has 2 aromatic rings. The highest BCUT2D eigenvalue weighted by Gasteiger charge is 1.99. The van der Waals surface area contributed by atoms with Gasteiger partial charge < -0.3 is 0 Å². The Morgan fingerprint density at radius 3 is 3.00 bits per heavy atom. The van der Waals surface area contributed by atoms with E-state index in [0.717, 1.165) is 0 Å². The Kier molecular flexibility index (Phi) is 2.66. The van der Waals surface area contributed by atoms with Crippen LogP contribution in [0.2, 0.25) is 0 Å². The SMILES string of the molecule is CC=NSc1cc2ccccc2s1. The van der Waals surface area contributed by atoms with Gasteiger partial charge in [-0.3, -0.25) is 0 Å². The molecular weight excluding hydrogens is 198 g/mol. The second-order valence-corrected chi connectivity index (χ2v) is 4.73. The molecule has 0 fully saturated rings. The fourth-order valence-electron chi connectivity index (χ4n) is 1.11. The summed E-state index contributed by atoms with van der Waals surface area (Å²) in [7, 11) is 0. The van der Waals surface area contributed by atoms with Gasteiger partial charge in [-0.25, -0.2) is 4.40 Å². The monoisotopic (exact) mass is 207 g/mol. The minimum absolute atomic E-state index is 1.25. The smallest absolute Gasteiger partial charge is 0.0840 e. The molecule has 0 saturated carbocycles. The lowest BCUT2D eigenvalue weighted by atomic mass is 10.3. The summed E-state index contributed by atoms with van der Waals surface area (Å²) >= 11 is 3.32. The van der Waals surface area contributed by atoms with Crippen molar-refractivity contribution in [3.8, 4) is 0 Å². The van der Waals surface area contributed by atoms with E-state index < -0.39 is 0 Å². The highest BCUT2D eigenvalue weighted by Crippen LogP contribution is 2.32. The summed E-state index contributed by atoms with van der Waals surface area (Å²) in [6, 6.07) is 10.6. The van der Waals surface area contributed by atoms with Crippen LogP contribution in [0.1, 0.15) is 6.92 Å². The van der Waals surface area contributed by atoms with Crippen molar-refractivity contribution in [3.63, 3.8) is 0 Å². The van der Waals surface area contributed by atoms with Crippen LogP contribution in [0, 0.1) is 0 Å². The largest absolute Gasteiger partial charge is 0.223 e. The summed E-state index contributed by atoms with van der Waals surface area (Å²) in [4.78, 5) is 0. The minimum atomic E-state index is 1.25. The van der Waals surface area contributed by atoms with Crippen molar-refractivity contribution in [1.82, 2.24) is 0 Å². The molecule has 0 bridgehead atoms. The predicted molar refractivity (Wildman–Crippen MR) is 61.8 cm³/mol. The lowest BCUT2D eigenvalue weighted by Crippen LogP contribution is -1.57. The zero-order valence-electron chi connectivity index (χ0n) is 7.23. The molecule has 0 aliphatic heterocycles. The number of fused-ring (bicyclic) bond motifs is 1. The first-order chi connectivity index (χ1) is 6.40. The van der Waals surface area contributed by atoms with E-state index in [1.807, 2.05) is 13.1 Å². The quantitative estimate of drug-likeness (QED) is 0.535. The van der Waals surface area contributed by atoms with Crippen LogP contribution in [0.4, 0.5) is 0 Å². The van der Waals surface area contributed by atoms with Crippen molar-refractivity contribution in [2.75, 3.05) is 0 Å². The first-order valence-electron chi connectivity index (χ1n) is 4.04. The highest BCUT2D eigenvalue weighted by molar-refractivity contribution is 8.00. The third-order valence-corrected chi connectivity index (χ3v) is 3.65. The van der Waals surface area contributed by atoms with Gasteiger partial charge in [-0.2, -0.15) is 0 Å². The molecule has 0 unspecified atom stereocenters. The van der Waals surface area contributed by atoms with E-state index >= 15 is 0 Å².